The number of nitrogens with zero attached hydrogens (tertiary/aromatic N) is 2. The van der Waals surface area contributed by atoms with Gasteiger partial charge in [0.15, 0.2) is 0 Å². The molecule has 1 aliphatic heterocycles. The summed E-state index contributed by atoms with van der Waals surface area (Å²) in [6.45, 7) is 16.1. The van der Waals surface area contributed by atoms with Crippen molar-refractivity contribution < 1.29 is 50.2 Å². The molecule has 3 unspecified atom stereocenters. The first-order valence-electron chi connectivity index (χ1n) is 18.2. The van der Waals surface area contributed by atoms with Gasteiger partial charge >= 0.3 is 22.5 Å². The molecule has 53 heavy (non-hydrogen) atoms. The number of ether oxygens (including phenoxy) is 3. The number of fused-ring (bicyclic) bond motifs is 1. The van der Waals surface area contributed by atoms with Crippen LogP contribution in [0.2, 0.25) is 0 Å². The number of likely N-dealkylation sites (tertiary alicyclic amines) is 1. The van der Waals surface area contributed by atoms with Gasteiger partial charge in [0.25, 0.3) is 0 Å². The summed E-state index contributed by atoms with van der Waals surface area (Å²) in [5.41, 5.74) is -1.82. The number of hydrogen-bond acceptors (Lipinski definition) is 12. The van der Waals surface area contributed by atoms with E-state index in [1.54, 1.807) is 47.6 Å². The van der Waals surface area contributed by atoms with Gasteiger partial charge in [-0.25, -0.2) is 18.8 Å². The maximum atomic E-state index is 14.4. The highest BCUT2D eigenvalue weighted by molar-refractivity contribution is 7.82. The molecule has 2 heterocycles. The Morgan fingerprint density at radius 2 is 1.81 bits per heavy atom. The zero-order valence-electron chi connectivity index (χ0n) is 31.9. The summed E-state index contributed by atoms with van der Waals surface area (Å²) in [6, 6.07) is 5.06. The van der Waals surface area contributed by atoms with E-state index < -0.39 is 81.0 Å². The van der Waals surface area contributed by atoms with E-state index in [1.165, 1.54) is 4.90 Å². The molecule has 2 saturated carbocycles. The van der Waals surface area contributed by atoms with Crippen LogP contribution in [0.3, 0.4) is 0 Å². The van der Waals surface area contributed by atoms with Crippen LogP contribution >= 0.6 is 0 Å². The van der Waals surface area contributed by atoms with E-state index in [9.17, 15) is 27.6 Å². The molecule has 3 aliphatic rings. The third-order valence-corrected chi connectivity index (χ3v) is 10.7. The molecule has 16 heteroatoms. The highest BCUT2D eigenvalue weighted by Gasteiger charge is 2.63. The van der Waals surface area contributed by atoms with Crippen LogP contribution in [-0.2, 0) is 37.9 Å². The van der Waals surface area contributed by atoms with Crippen molar-refractivity contribution in [2.45, 2.75) is 129 Å². The van der Waals surface area contributed by atoms with Gasteiger partial charge in [-0.05, 0) is 84.3 Å². The Labute approximate surface area is 311 Å². The number of benzene rings is 1. The van der Waals surface area contributed by atoms with E-state index in [0.717, 1.165) is 5.56 Å². The fourth-order valence-corrected chi connectivity index (χ4v) is 7.64. The predicted octanol–water partition coefficient (Wildman–Crippen LogP) is 4.48. The smallest absolute Gasteiger partial charge is 0.452 e. The van der Waals surface area contributed by atoms with Crippen molar-refractivity contribution in [3.63, 3.8) is 0 Å². The summed E-state index contributed by atoms with van der Waals surface area (Å²) < 4.78 is 53.0. The molecule has 0 bridgehead atoms. The van der Waals surface area contributed by atoms with Crippen LogP contribution < -0.4 is 20.1 Å². The second kappa shape index (κ2) is 14.9. The highest BCUT2D eigenvalue weighted by atomic mass is 32.3. The zero-order chi connectivity index (χ0) is 39.1. The molecule has 3 fully saturated rings. The van der Waals surface area contributed by atoms with Gasteiger partial charge in [-0.1, -0.05) is 39.3 Å². The lowest BCUT2D eigenvalue weighted by molar-refractivity contribution is -0.144. The fraction of sp³-hybridized carbons (Fsp3) is 0.649. The number of pyridine rings is 1. The summed E-state index contributed by atoms with van der Waals surface area (Å²) in [4.78, 5) is 61.0. The number of amides is 3. The molecular weight excluding hydrogens is 708 g/mol. The van der Waals surface area contributed by atoms with Crippen molar-refractivity contribution in [3.05, 3.63) is 29.8 Å². The maximum absolute atomic E-state index is 14.4. The Morgan fingerprint density at radius 1 is 1.11 bits per heavy atom. The van der Waals surface area contributed by atoms with Crippen LogP contribution in [0.5, 0.6) is 11.6 Å². The van der Waals surface area contributed by atoms with Gasteiger partial charge in [0.1, 0.15) is 35.1 Å². The van der Waals surface area contributed by atoms with Gasteiger partial charge in [0.05, 0.1) is 24.3 Å². The second-order valence-corrected chi connectivity index (χ2v) is 16.9. The minimum absolute atomic E-state index is 0.0100. The Bertz CT molecular complexity index is 1860. The maximum Gasteiger partial charge on any atom is 0.452 e. The van der Waals surface area contributed by atoms with E-state index in [0.29, 0.717) is 48.4 Å². The molecule has 1 aromatic carbocycles. The summed E-state index contributed by atoms with van der Waals surface area (Å²) in [6.07, 6.45) is 0.0730. The summed E-state index contributed by atoms with van der Waals surface area (Å²) in [7, 11) is -4.70. The van der Waals surface area contributed by atoms with Gasteiger partial charge in [0, 0.05) is 17.9 Å². The first kappa shape index (κ1) is 40.0. The quantitative estimate of drug-likeness (QED) is 0.275. The third-order valence-electron chi connectivity index (χ3n) is 9.76. The number of rotatable bonds is 14. The molecule has 5 rings (SSSR count). The number of alkyl carbamates (subject to hydrolysis) is 1. The van der Waals surface area contributed by atoms with Crippen LogP contribution in [0.4, 0.5) is 4.79 Å². The summed E-state index contributed by atoms with van der Waals surface area (Å²) in [5.74, 6) is -2.45. The Kier molecular flexibility index (Phi) is 11.3. The van der Waals surface area contributed by atoms with Crippen molar-refractivity contribution in [2.24, 2.45) is 11.8 Å². The average Bonchev–Trinajstić information content (AvgIpc) is 3.91. The first-order valence-corrected chi connectivity index (χ1v) is 19.5. The van der Waals surface area contributed by atoms with Crippen LogP contribution in [0.15, 0.2) is 24.3 Å². The molecule has 0 radical (unpaired) electrons. The predicted molar refractivity (Wildman–Crippen MR) is 193 cm³/mol. The lowest BCUT2D eigenvalue weighted by atomic mass is 10.0. The van der Waals surface area contributed by atoms with Crippen LogP contribution in [-0.4, -0.2) is 90.3 Å². The van der Waals surface area contributed by atoms with Crippen molar-refractivity contribution in [3.8, 4) is 11.6 Å². The van der Waals surface area contributed by atoms with E-state index in [2.05, 4.69) is 15.6 Å². The molecule has 3 amide bonds. The van der Waals surface area contributed by atoms with Gasteiger partial charge in [-0.15, -0.1) is 0 Å². The number of carbonyl (C=O) groups excluding carboxylic acids is 4. The van der Waals surface area contributed by atoms with Crippen molar-refractivity contribution in [2.75, 3.05) is 13.2 Å². The monoisotopic (exact) mass is 760 g/mol. The van der Waals surface area contributed by atoms with Crippen molar-refractivity contribution in [1.82, 2.24) is 20.5 Å². The molecule has 2 aliphatic carbocycles. The zero-order valence-corrected chi connectivity index (χ0v) is 32.8. The number of para-hydroxylation sites is 1. The second-order valence-electron chi connectivity index (χ2n) is 15.8. The number of carbonyl (C=O) groups is 4. The van der Waals surface area contributed by atoms with Gasteiger partial charge in [0.2, 0.25) is 17.7 Å². The lowest BCUT2D eigenvalue weighted by Gasteiger charge is -2.31. The Hall–Kier alpha value is -4.18. The largest absolute Gasteiger partial charge is 0.488 e. The SMILES string of the molecule is CCOc1cc(O[C@@H]2CC(C(=O)N[C@]3(C(=O)OS(=O)(=O)OC4(C)CC4)CC3CC)N(C(=O)C(NC(=O)OC(C)(C)C)C(C)C)C2)c2cccc(C)c2n1. The fourth-order valence-electron chi connectivity index (χ4n) is 6.61. The number of nitrogens with one attached hydrogen (secondary N) is 2. The number of hydrogen-bond donors (Lipinski definition) is 2. The standard InChI is InChI=1S/C37H52N4O11S/c1-10-23-19-37(23,33(44)51-53(46,47)52-36(9)15-16-36)40-31(42)26-17-24(20-41(26)32(43)29(21(3)4)39-34(45)50-35(6,7)8)49-27-18-28(48-11-2)38-30-22(5)13-12-14-25(27)30/h12-14,18,21,23-24,26,29H,10-11,15-17,19-20H2,1-9H3,(H,39,45)(H,40,42)/t23?,24-,26?,29?,37-/m1/s1. The molecule has 5 atom stereocenters. The summed E-state index contributed by atoms with van der Waals surface area (Å²) in [5, 5.41) is 6.13. The van der Waals surface area contributed by atoms with Crippen molar-refractivity contribution >= 4 is 45.2 Å². The molecule has 2 aromatic rings. The van der Waals surface area contributed by atoms with E-state index in [1.807, 2.05) is 39.0 Å². The molecule has 15 nitrogen and oxygen atoms in total. The Balaban J connectivity index is 1.44. The topological polar surface area (TPSA) is 189 Å². The molecular formula is C37H52N4O11S. The number of aromatic nitrogens is 1. The minimum atomic E-state index is -4.70. The minimum Gasteiger partial charge on any atom is -0.488 e. The normalized spacial score (nSPS) is 24.0. The molecule has 1 aromatic heterocycles. The van der Waals surface area contributed by atoms with E-state index >= 15 is 0 Å². The molecule has 1 saturated heterocycles. The van der Waals surface area contributed by atoms with E-state index in [4.69, 9.17) is 22.6 Å². The van der Waals surface area contributed by atoms with Gasteiger partial charge < -0.3 is 33.9 Å². The van der Waals surface area contributed by atoms with Gasteiger partial charge in [-0.2, -0.15) is 8.42 Å². The average molecular weight is 761 g/mol. The van der Waals surface area contributed by atoms with Crippen LogP contribution in [0.1, 0.15) is 93.1 Å². The van der Waals surface area contributed by atoms with E-state index in [-0.39, 0.29) is 19.4 Å². The number of aryl methyl sites for hydroxylation is 1. The molecule has 2 N–H and O–H groups in total. The molecule has 292 valence electrons. The van der Waals surface area contributed by atoms with Gasteiger partial charge in [-0.3, -0.25) is 9.59 Å². The highest BCUT2D eigenvalue weighted by Crippen LogP contribution is 2.48. The lowest BCUT2D eigenvalue weighted by Crippen LogP contribution is -2.58. The Morgan fingerprint density at radius 3 is 2.40 bits per heavy atom. The van der Waals surface area contributed by atoms with Crippen LogP contribution in [0, 0.1) is 18.8 Å². The van der Waals surface area contributed by atoms with Crippen LogP contribution in [0.25, 0.3) is 10.9 Å². The molecule has 0 spiro atoms. The van der Waals surface area contributed by atoms with Crippen molar-refractivity contribution in [1.29, 1.82) is 0 Å². The summed E-state index contributed by atoms with van der Waals surface area (Å²) >= 11 is 0. The third kappa shape index (κ3) is 9.31. The first-order chi connectivity index (χ1) is 24.7.